The lowest BCUT2D eigenvalue weighted by Crippen LogP contribution is -2.31. The Morgan fingerprint density at radius 1 is 1.16 bits per heavy atom. The average molecular weight is 473 g/mol. The van der Waals surface area contributed by atoms with Crippen molar-refractivity contribution in [3.63, 3.8) is 0 Å². The first-order valence-corrected chi connectivity index (χ1v) is 11.3. The molecule has 0 aliphatic carbocycles. The van der Waals surface area contributed by atoms with Crippen LogP contribution >= 0.6 is 22.9 Å². The van der Waals surface area contributed by atoms with E-state index in [1.165, 1.54) is 0 Å². The summed E-state index contributed by atoms with van der Waals surface area (Å²) in [6.45, 7) is 1.40. The van der Waals surface area contributed by atoms with Gasteiger partial charge in [-0.05, 0) is 55.3 Å². The Morgan fingerprint density at radius 3 is 2.78 bits per heavy atom. The number of ether oxygens (including phenoxy) is 2. The van der Waals surface area contributed by atoms with Crippen molar-refractivity contribution in [1.29, 1.82) is 0 Å². The van der Waals surface area contributed by atoms with Gasteiger partial charge in [0.15, 0.2) is 5.01 Å². The van der Waals surface area contributed by atoms with Crippen LogP contribution in [0.4, 0.5) is 5.69 Å². The molecule has 1 saturated heterocycles. The summed E-state index contributed by atoms with van der Waals surface area (Å²) in [5.74, 6) is 0.0245. The molecule has 166 valence electrons. The third-order valence-corrected chi connectivity index (χ3v) is 5.88. The second-order valence-electron chi connectivity index (χ2n) is 7.12. The van der Waals surface area contributed by atoms with Crippen molar-refractivity contribution in [2.24, 2.45) is 0 Å². The standard InChI is InChI=1S/C22H21ClN4O4S/c23-15-6-8-17(9-7-15)31-13-19-26-27-22(32-19)21(29)25-16-4-1-3-14(11-16)20(28)24-12-18-5-2-10-30-18/h1,3-4,6-9,11,18H,2,5,10,12-13H2,(H,24,28)(H,25,29)/t18-/m1/s1. The summed E-state index contributed by atoms with van der Waals surface area (Å²) < 4.78 is 11.1. The molecule has 1 atom stereocenters. The zero-order valence-electron chi connectivity index (χ0n) is 17.0. The lowest BCUT2D eigenvalue weighted by Gasteiger charge is -2.11. The number of nitrogens with zero attached hydrogens (tertiary/aromatic N) is 2. The maximum absolute atomic E-state index is 12.5. The van der Waals surface area contributed by atoms with Crippen LogP contribution in [-0.4, -0.2) is 41.3 Å². The van der Waals surface area contributed by atoms with Crippen LogP contribution in [0.2, 0.25) is 5.02 Å². The molecule has 0 radical (unpaired) electrons. The SMILES string of the molecule is O=C(NC[C@H]1CCCO1)c1cccc(NC(=O)c2nnc(COc3ccc(Cl)cc3)s2)c1. The molecule has 1 aliphatic rings. The highest BCUT2D eigenvalue weighted by molar-refractivity contribution is 7.13. The van der Waals surface area contributed by atoms with E-state index in [2.05, 4.69) is 20.8 Å². The molecule has 4 rings (SSSR count). The summed E-state index contributed by atoms with van der Waals surface area (Å²) in [5, 5.41) is 14.9. The number of carbonyl (C=O) groups is 2. The van der Waals surface area contributed by atoms with Crippen molar-refractivity contribution >= 4 is 40.4 Å². The second-order valence-corrected chi connectivity index (χ2v) is 8.62. The number of anilines is 1. The number of aromatic nitrogens is 2. The van der Waals surface area contributed by atoms with Gasteiger partial charge in [-0.2, -0.15) is 0 Å². The molecule has 2 amide bonds. The molecule has 0 bridgehead atoms. The minimum Gasteiger partial charge on any atom is -0.486 e. The second kappa shape index (κ2) is 10.5. The quantitative estimate of drug-likeness (QED) is 0.515. The van der Waals surface area contributed by atoms with E-state index in [0.717, 1.165) is 30.8 Å². The van der Waals surface area contributed by atoms with E-state index in [-0.39, 0.29) is 23.6 Å². The minimum atomic E-state index is -0.405. The molecule has 1 aromatic heterocycles. The molecule has 8 nitrogen and oxygen atoms in total. The molecule has 2 N–H and O–H groups in total. The molecule has 3 aromatic rings. The molecule has 10 heteroatoms. The highest BCUT2D eigenvalue weighted by Gasteiger charge is 2.18. The van der Waals surface area contributed by atoms with E-state index in [9.17, 15) is 9.59 Å². The van der Waals surface area contributed by atoms with Gasteiger partial charge in [0.25, 0.3) is 11.8 Å². The topological polar surface area (TPSA) is 102 Å². The first-order chi connectivity index (χ1) is 15.6. The molecule has 0 saturated carbocycles. The van der Waals surface area contributed by atoms with Gasteiger partial charge in [-0.15, -0.1) is 10.2 Å². The summed E-state index contributed by atoms with van der Waals surface area (Å²) in [5.41, 5.74) is 0.948. The number of nitrogens with one attached hydrogen (secondary N) is 2. The minimum absolute atomic E-state index is 0.0668. The average Bonchev–Trinajstić information content (AvgIpc) is 3.49. The van der Waals surface area contributed by atoms with Crippen LogP contribution in [0.25, 0.3) is 0 Å². The number of halogens is 1. The van der Waals surface area contributed by atoms with Crippen LogP contribution in [0.1, 0.15) is 38.0 Å². The summed E-state index contributed by atoms with van der Waals surface area (Å²) in [7, 11) is 0. The Bertz CT molecular complexity index is 1080. The molecule has 2 heterocycles. The monoisotopic (exact) mass is 472 g/mol. The molecule has 0 spiro atoms. The lowest BCUT2D eigenvalue weighted by atomic mass is 10.1. The fourth-order valence-electron chi connectivity index (χ4n) is 3.12. The van der Waals surface area contributed by atoms with Gasteiger partial charge < -0.3 is 20.1 Å². The Morgan fingerprint density at radius 2 is 2.00 bits per heavy atom. The smallest absolute Gasteiger partial charge is 0.286 e. The van der Waals surface area contributed by atoms with Gasteiger partial charge >= 0.3 is 0 Å². The van der Waals surface area contributed by atoms with Gasteiger partial charge in [0.1, 0.15) is 12.4 Å². The summed E-state index contributed by atoms with van der Waals surface area (Å²) in [4.78, 5) is 24.9. The number of hydrogen-bond acceptors (Lipinski definition) is 7. The van der Waals surface area contributed by atoms with Crippen molar-refractivity contribution < 1.29 is 19.1 Å². The van der Waals surface area contributed by atoms with Gasteiger partial charge in [0, 0.05) is 29.4 Å². The Balaban J connectivity index is 1.31. The molecule has 1 aliphatic heterocycles. The lowest BCUT2D eigenvalue weighted by molar-refractivity contribution is 0.0857. The predicted molar refractivity (Wildman–Crippen MR) is 121 cm³/mol. The fourth-order valence-corrected chi connectivity index (χ4v) is 3.89. The first-order valence-electron chi connectivity index (χ1n) is 10.1. The zero-order valence-corrected chi connectivity index (χ0v) is 18.6. The van der Waals surface area contributed by atoms with Gasteiger partial charge in [0.05, 0.1) is 6.10 Å². The van der Waals surface area contributed by atoms with E-state index < -0.39 is 5.91 Å². The first kappa shape index (κ1) is 22.2. The Hall–Kier alpha value is -3.01. The van der Waals surface area contributed by atoms with Crippen molar-refractivity contribution in [3.05, 3.63) is 69.1 Å². The van der Waals surface area contributed by atoms with E-state index in [4.69, 9.17) is 21.1 Å². The van der Waals surface area contributed by atoms with Gasteiger partial charge in [-0.3, -0.25) is 9.59 Å². The normalized spacial score (nSPS) is 15.3. The third kappa shape index (κ3) is 6.03. The van der Waals surface area contributed by atoms with Crippen molar-refractivity contribution in [2.75, 3.05) is 18.5 Å². The Kier molecular flexibility index (Phi) is 7.31. The van der Waals surface area contributed by atoms with Crippen molar-refractivity contribution in [2.45, 2.75) is 25.6 Å². The third-order valence-electron chi connectivity index (χ3n) is 4.73. The fraction of sp³-hybridized carbons (Fsp3) is 0.273. The summed E-state index contributed by atoms with van der Waals surface area (Å²) in [6, 6.07) is 13.7. The van der Waals surface area contributed by atoms with Gasteiger partial charge in [0.2, 0.25) is 5.01 Å². The predicted octanol–water partition coefficient (Wildman–Crippen LogP) is 3.93. The van der Waals surface area contributed by atoms with Gasteiger partial charge in [-0.1, -0.05) is 29.0 Å². The van der Waals surface area contributed by atoms with Crippen LogP contribution in [0.15, 0.2) is 48.5 Å². The zero-order chi connectivity index (χ0) is 22.3. The number of amides is 2. The molecule has 2 aromatic carbocycles. The van der Waals surface area contributed by atoms with E-state index in [1.54, 1.807) is 48.5 Å². The number of carbonyl (C=O) groups excluding carboxylic acids is 2. The maximum atomic E-state index is 12.5. The van der Waals surface area contributed by atoms with Crippen LogP contribution < -0.4 is 15.4 Å². The van der Waals surface area contributed by atoms with Gasteiger partial charge in [-0.25, -0.2) is 0 Å². The molecule has 0 unspecified atom stereocenters. The van der Waals surface area contributed by atoms with E-state index in [1.807, 2.05) is 0 Å². The number of benzene rings is 2. The molecular weight excluding hydrogens is 452 g/mol. The van der Waals surface area contributed by atoms with Crippen LogP contribution in [0.3, 0.4) is 0 Å². The highest BCUT2D eigenvalue weighted by Crippen LogP contribution is 2.19. The van der Waals surface area contributed by atoms with Crippen LogP contribution in [0.5, 0.6) is 5.75 Å². The summed E-state index contributed by atoms with van der Waals surface area (Å²) >= 11 is 6.99. The van der Waals surface area contributed by atoms with Crippen molar-refractivity contribution in [1.82, 2.24) is 15.5 Å². The Labute approximate surface area is 193 Å². The van der Waals surface area contributed by atoms with E-state index in [0.29, 0.717) is 33.6 Å². The van der Waals surface area contributed by atoms with E-state index >= 15 is 0 Å². The maximum Gasteiger partial charge on any atom is 0.286 e. The summed E-state index contributed by atoms with van der Waals surface area (Å²) in [6.07, 6.45) is 2.03. The largest absolute Gasteiger partial charge is 0.486 e. The molecular formula is C22H21ClN4O4S. The van der Waals surface area contributed by atoms with Crippen LogP contribution in [0, 0.1) is 0 Å². The number of hydrogen-bond donors (Lipinski definition) is 2. The van der Waals surface area contributed by atoms with Crippen molar-refractivity contribution in [3.8, 4) is 5.75 Å². The number of rotatable bonds is 8. The molecule has 32 heavy (non-hydrogen) atoms. The van der Waals surface area contributed by atoms with Crippen LogP contribution in [-0.2, 0) is 11.3 Å². The molecule has 1 fully saturated rings. The highest BCUT2D eigenvalue weighted by atomic mass is 35.5.